The number of thiophene rings is 1. The maximum absolute atomic E-state index is 2.69. The van der Waals surface area contributed by atoms with Crippen LogP contribution in [0.3, 0.4) is 0 Å². The predicted molar refractivity (Wildman–Crippen MR) is 309 cm³/mol. The van der Waals surface area contributed by atoms with Gasteiger partial charge in [-0.3, -0.25) is 0 Å². The maximum Gasteiger partial charge on any atom is 0.264 e. The van der Waals surface area contributed by atoms with Gasteiger partial charge in [-0.1, -0.05) is 178 Å². The molecule has 352 valence electrons. The van der Waals surface area contributed by atoms with Crippen LogP contribution in [0, 0.1) is 0 Å². The van der Waals surface area contributed by atoms with Gasteiger partial charge in [-0.2, -0.15) is 0 Å². The van der Waals surface area contributed by atoms with E-state index in [0.29, 0.717) is 0 Å². The van der Waals surface area contributed by atoms with E-state index in [0.717, 1.165) is 35.6 Å². The molecule has 9 aromatic rings. The third-order valence-corrected chi connectivity index (χ3v) is 17.2. The van der Waals surface area contributed by atoms with Gasteiger partial charge in [0, 0.05) is 54.6 Å². The fourth-order valence-electron chi connectivity index (χ4n) is 11.9. The Morgan fingerprint density at radius 1 is 0.493 bits per heavy atom. The number of hydrogen-bond acceptors (Lipinski definition) is 4. The first-order valence-electron chi connectivity index (χ1n) is 25.7. The van der Waals surface area contributed by atoms with Crippen molar-refractivity contribution in [1.82, 2.24) is 0 Å². The summed E-state index contributed by atoms with van der Waals surface area (Å²) in [7, 11) is 0. The Kier molecular flexibility index (Phi) is 10.4. The predicted octanol–water partition coefficient (Wildman–Crippen LogP) is 17.1. The van der Waals surface area contributed by atoms with Crippen molar-refractivity contribution in [2.45, 2.75) is 104 Å². The second kappa shape index (κ2) is 16.4. The van der Waals surface area contributed by atoms with Crippen molar-refractivity contribution in [3.8, 4) is 11.1 Å². The molecule has 0 saturated heterocycles. The van der Waals surface area contributed by atoms with E-state index in [1.54, 1.807) is 0 Å². The van der Waals surface area contributed by atoms with Gasteiger partial charge >= 0.3 is 0 Å². The number of benzene rings is 8. The molecule has 5 heteroatoms. The fraction of sp³-hybridized carbons (Fsp3) is 0.242. The molecule has 12 rings (SSSR count). The van der Waals surface area contributed by atoms with E-state index in [4.69, 9.17) is 0 Å². The molecule has 71 heavy (non-hydrogen) atoms. The molecule has 3 nitrogen and oxygen atoms in total. The third kappa shape index (κ3) is 7.45. The highest BCUT2D eigenvalue weighted by Gasteiger charge is 2.48. The highest BCUT2D eigenvalue weighted by Crippen LogP contribution is 2.54. The van der Waals surface area contributed by atoms with E-state index >= 15 is 0 Å². The van der Waals surface area contributed by atoms with Crippen LogP contribution in [0.2, 0.25) is 0 Å². The Labute approximate surface area is 426 Å². The van der Waals surface area contributed by atoms with Gasteiger partial charge in [-0.25, -0.2) is 0 Å². The number of nitrogens with zero attached hydrogens (tertiary/aromatic N) is 3. The van der Waals surface area contributed by atoms with Crippen LogP contribution in [-0.4, -0.2) is 6.71 Å². The summed E-state index contributed by atoms with van der Waals surface area (Å²) < 4.78 is 2.71. The monoisotopic (exact) mass is 941 g/mol. The molecular weight excluding hydrogens is 878 g/mol. The van der Waals surface area contributed by atoms with E-state index < -0.39 is 0 Å². The summed E-state index contributed by atoms with van der Waals surface area (Å²) in [6.45, 7) is 23.8. The summed E-state index contributed by atoms with van der Waals surface area (Å²) in [6, 6.07) is 69.2. The van der Waals surface area contributed by atoms with Crippen LogP contribution >= 0.6 is 11.3 Å². The summed E-state index contributed by atoms with van der Waals surface area (Å²) in [5, 5.41) is 1.29. The molecule has 0 bridgehead atoms. The first-order valence-corrected chi connectivity index (χ1v) is 26.5. The zero-order chi connectivity index (χ0) is 49.2. The molecule has 0 saturated carbocycles. The zero-order valence-corrected chi connectivity index (χ0v) is 43.9. The normalized spacial score (nSPS) is 15.5. The standard InChI is InChI=1S/C66H64BN3S/c1-63(2,3)44-30-33-48(34-31-44)69-57-39-49(68(46-24-16-12-17-25-46)47-26-18-13-19-27-47)40-58-60(57)67(62-61(69)50-28-20-21-29-59(50)71-62)54-41-52-53(66(9,10)37-36-65(52,7)8)42-56(54)70(58)55-35-32-45(64(4,5)6)38-51(55)43-22-14-11-15-23-43/h11-35,38-42H,36-37H2,1-10H3. The molecule has 2 aliphatic heterocycles. The van der Waals surface area contributed by atoms with E-state index in [-0.39, 0.29) is 28.4 Å². The molecule has 3 aliphatic rings. The Morgan fingerprint density at radius 3 is 1.63 bits per heavy atom. The van der Waals surface area contributed by atoms with E-state index in [1.165, 1.54) is 87.6 Å². The van der Waals surface area contributed by atoms with Gasteiger partial charge < -0.3 is 14.7 Å². The molecule has 0 spiro atoms. The molecule has 0 amide bonds. The Balaban J connectivity index is 1.26. The Bertz CT molecular complexity index is 3460. The Hall–Kier alpha value is -6.82. The van der Waals surface area contributed by atoms with Gasteiger partial charge in [-0.05, 0) is 146 Å². The minimum absolute atomic E-state index is 0.0000364. The molecule has 0 unspecified atom stereocenters. The minimum Gasteiger partial charge on any atom is -0.311 e. The molecule has 0 radical (unpaired) electrons. The van der Waals surface area contributed by atoms with Gasteiger partial charge in [0.1, 0.15) is 0 Å². The number of rotatable bonds is 6. The quantitative estimate of drug-likeness (QED) is 0.154. The van der Waals surface area contributed by atoms with Crippen molar-refractivity contribution >= 4 is 95.0 Å². The van der Waals surface area contributed by atoms with Crippen LogP contribution in [0.4, 0.5) is 51.2 Å². The molecule has 1 aliphatic carbocycles. The van der Waals surface area contributed by atoms with Gasteiger partial charge in [0.25, 0.3) is 6.71 Å². The van der Waals surface area contributed by atoms with Crippen LogP contribution in [0.15, 0.2) is 182 Å². The summed E-state index contributed by atoms with van der Waals surface area (Å²) >= 11 is 1.98. The van der Waals surface area contributed by atoms with Crippen LogP contribution in [0.1, 0.15) is 104 Å². The van der Waals surface area contributed by atoms with E-state index in [9.17, 15) is 0 Å². The topological polar surface area (TPSA) is 9.72 Å². The van der Waals surface area contributed by atoms with Crippen LogP contribution in [-0.2, 0) is 21.7 Å². The van der Waals surface area contributed by atoms with Crippen LogP contribution < -0.4 is 30.4 Å². The lowest BCUT2D eigenvalue weighted by molar-refractivity contribution is 0.332. The number of hydrogen-bond donors (Lipinski definition) is 0. The molecule has 3 heterocycles. The first-order chi connectivity index (χ1) is 34.0. The number of para-hydroxylation sites is 2. The molecule has 0 fully saturated rings. The van der Waals surface area contributed by atoms with Crippen LogP contribution in [0.5, 0.6) is 0 Å². The molecule has 8 aromatic carbocycles. The summed E-state index contributed by atoms with van der Waals surface area (Å²) in [5.74, 6) is 0. The highest BCUT2D eigenvalue weighted by molar-refractivity contribution is 7.33. The highest BCUT2D eigenvalue weighted by atomic mass is 32.1. The van der Waals surface area contributed by atoms with Crippen molar-refractivity contribution < 1.29 is 0 Å². The van der Waals surface area contributed by atoms with Gasteiger partial charge in [0.2, 0.25) is 0 Å². The summed E-state index contributed by atoms with van der Waals surface area (Å²) in [5.41, 5.74) is 21.4. The van der Waals surface area contributed by atoms with E-state index in [2.05, 4.69) is 266 Å². The van der Waals surface area contributed by atoms with Crippen molar-refractivity contribution in [3.63, 3.8) is 0 Å². The lowest BCUT2D eigenvalue weighted by Crippen LogP contribution is -2.61. The fourth-order valence-corrected chi connectivity index (χ4v) is 13.2. The number of fused-ring (bicyclic) bond motifs is 7. The summed E-state index contributed by atoms with van der Waals surface area (Å²) in [4.78, 5) is 7.78. The third-order valence-electron chi connectivity index (χ3n) is 16.0. The van der Waals surface area contributed by atoms with Gasteiger partial charge in [0.15, 0.2) is 0 Å². The van der Waals surface area contributed by atoms with E-state index in [1.807, 2.05) is 11.3 Å². The Morgan fingerprint density at radius 2 is 1.03 bits per heavy atom. The van der Waals surface area contributed by atoms with Gasteiger partial charge in [-0.15, -0.1) is 11.3 Å². The first kappa shape index (κ1) is 45.3. The van der Waals surface area contributed by atoms with Crippen molar-refractivity contribution in [2.24, 2.45) is 0 Å². The second-order valence-corrected chi connectivity index (χ2v) is 24.8. The lowest BCUT2D eigenvalue weighted by Gasteiger charge is -2.47. The zero-order valence-electron chi connectivity index (χ0n) is 43.1. The van der Waals surface area contributed by atoms with Crippen LogP contribution in [0.25, 0.3) is 21.2 Å². The molecule has 0 N–H and O–H groups in total. The number of anilines is 9. The average Bonchev–Trinajstić information content (AvgIpc) is 3.74. The lowest BCUT2D eigenvalue weighted by atomic mass is 9.35. The molecular formula is C66H64BN3S. The van der Waals surface area contributed by atoms with Crippen molar-refractivity contribution in [3.05, 3.63) is 204 Å². The smallest absolute Gasteiger partial charge is 0.264 e. The second-order valence-electron chi connectivity index (χ2n) is 23.7. The maximum atomic E-state index is 2.69. The summed E-state index contributed by atoms with van der Waals surface area (Å²) in [6.07, 6.45) is 2.29. The SMILES string of the molecule is CC(C)(C)c1ccc(N2c3cc(N(c4ccccc4)c4ccccc4)cc4c3B(c3cc5c(cc3N4c3ccc(C(C)(C)C)cc3-c3ccccc3)C(C)(C)CCC5(C)C)c3sc4ccccc4c32)cc1. The van der Waals surface area contributed by atoms with Gasteiger partial charge in [0.05, 0.1) is 17.1 Å². The minimum atomic E-state index is -0.0484. The molecule has 1 aromatic heterocycles. The average molecular weight is 942 g/mol. The largest absolute Gasteiger partial charge is 0.311 e. The van der Waals surface area contributed by atoms with Crippen molar-refractivity contribution in [2.75, 3.05) is 14.7 Å². The molecule has 0 atom stereocenters. The van der Waals surface area contributed by atoms with Crippen molar-refractivity contribution in [1.29, 1.82) is 0 Å².